The van der Waals surface area contributed by atoms with Gasteiger partial charge in [-0.2, -0.15) is 23.6 Å². The average Bonchev–Trinajstić information content (AvgIpc) is 2.72. The van der Waals surface area contributed by atoms with Gasteiger partial charge in [0, 0.05) is 10.6 Å². The van der Waals surface area contributed by atoms with Crippen LogP contribution in [-0.4, -0.2) is 18.2 Å². The summed E-state index contributed by atoms with van der Waals surface area (Å²) >= 11 is 5.84. The molecule has 2 aromatic carbocycles. The lowest BCUT2D eigenvalue weighted by atomic mass is 9.97. The Morgan fingerprint density at radius 3 is 2.10 bits per heavy atom. The third-order valence-electron chi connectivity index (χ3n) is 3.97. The highest BCUT2D eigenvalue weighted by atomic mass is 35.5. The highest BCUT2D eigenvalue weighted by Gasteiger charge is 2.25. The number of pyridine rings is 1. The second kappa shape index (κ2) is 7.68. The van der Waals surface area contributed by atoms with Gasteiger partial charge < -0.3 is 5.11 Å². The molecule has 0 amide bonds. The first-order chi connectivity index (χ1) is 13.8. The molecule has 0 atom stereocenters. The molecule has 0 saturated carbocycles. The summed E-state index contributed by atoms with van der Waals surface area (Å²) in [7, 11) is -4.27. The summed E-state index contributed by atoms with van der Waals surface area (Å²) in [5.41, 5.74) is -1.93. The van der Waals surface area contributed by atoms with E-state index in [2.05, 4.69) is 0 Å². The lowest BCUT2D eigenvalue weighted by molar-refractivity contribution is 0.426. The van der Waals surface area contributed by atoms with Crippen LogP contribution >= 0.6 is 11.6 Å². The van der Waals surface area contributed by atoms with Gasteiger partial charge in [0.2, 0.25) is 5.88 Å². The fourth-order valence-electron chi connectivity index (χ4n) is 2.64. The van der Waals surface area contributed by atoms with E-state index >= 15 is 0 Å². The fourth-order valence-corrected chi connectivity index (χ4v) is 3.79. The van der Waals surface area contributed by atoms with Crippen LogP contribution in [0.2, 0.25) is 5.02 Å². The van der Waals surface area contributed by atoms with Crippen LogP contribution in [0, 0.1) is 22.7 Å². The molecule has 10 heteroatoms. The van der Waals surface area contributed by atoms with Gasteiger partial charge in [-0.1, -0.05) is 41.9 Å². The largest absolute Gasteiger partial charge is 0.492 e. The number of nitriles is 2. The van der Waals surface area contributed by atoms with Crippen LogP contribution in [0.25, 0.3) is 11.1 Å². The predicted molar refractivity (Wildman–Crippen MR) is 105 cm³/mol. The maximum absolute atomic E-state index is 12.8. The van der Waals surface area contributed by atoms with Crippen molar-refractivity contribution in [3.63, 3.8) is 0 Å². The van der Waals surface area contributed by atoms with Crippen LogP contribution in [-0.2, 0) is 10.0 Å². The van der Waals surface area contributed by atoms with Gasteiger partial charge in [-0.25, -0.2) is 4.83 Å². The SMILES string of the molecule is N#Cc1c(-c2ccc(Cl)cc2)c(C#N)c(=O)n(NS(=O)(=O)c2ccccc2)c1O. The lowest BCUT2D eigenvalue weighted by Gasteiger charge is -2.16. The minimum absolute atomic E-state index is 0.121. The van der Waals surface area contributed by atoms with Gasteiger partial charge in [-0.05, 0) is 29.8 Å². The highest BCUT2D eigenvalue weighted by molar-refractivity contribution is 7.92. The van der Waals surface area contributed by atoms with Gasteiger partial charge in [0.15, 0.2) is 0 Å². The first kappa shape index (κ1) is 20.0. The van der Waals surface area contributed by atoms with Crippen molar-refractivity contribution in [1.29, 1.82) is 10.5 Å². The molecule has 0 bridgehead atoms. The number of aromatic hydroxyl groups is 1. The maximum atomic E-state index is 12.8. The van der Waals surface area contributed by atoms with Crippen LogP contribution in [0.15, 0.2) is 64.3 Å². The molecular formula is C19H11ClN4O4S. The molecule has 0 radical (unpaired) electrons. The number of nitrogens with one attached hydrogen (secondary N) is 1. The van der Waals surface area contributed by atoms with Crippen LogP contribution in [0.3, 0.4) is 0 Å². The molecule has 0 aliphatic carbocycles. The van der Waals surface area contributed by atoms with E-state index in [4.69, 9.17) is 11.6 Å². The summed E-state index contributed by atoms with van der Waals surface area (Å²) in [6, 6.07) is 16.4. The van der Waals surface area contributed by atoms with E-state index in [1.54, 1.807) is 18.2 Å². The van der Waals surface area contributed by atoms with Crippen molar-refractivity contribution in [3.8, 4) is 29.1 Å². The molecule has 1 heterocycles. The summed E-state index contributed by atoms with van der Waals surface area (Å²) in [5, 5.41) is 29.9. The first-order valence-corrected chi connectivity index (χ1v) is 9.82. The van der Waals surface area contributed by atoms with Crippen molar-refractivity contribution in [2.45, 2.75) is 4.90 Å². The Labute approximate surface area is 170 Å². The zero-order chi connectivity index (χ0) is 21.2. The number of nitrogens with zero attached hydrogens (tertiary/aromatic N) is 3. The Morgan fingerprint density at radius 1 is 0.966 bits per heavy atom. The minimum Gasteiger partial charge on any atom is -0.492 e. The minimum atomic E-state index is -4.27. The third-order valence-corrected chi connectivity index (χ3v) is 5.54. The van der Waals surface area contributed by atoms with Crippen molar-refractivity contribution in [3.05, 3.63) is 81.1 Å². The molecule has 0 fully saturated rings. The number of halogens is 1. The van der Waals surface area contributed by atoms with Crippen molar-refractivity contribution in [2.24, 2.45) is 0 Å². The molecule has 1 aromatic heterocycles. The van der Waals surface area contributed by atoms with Crippen LogP contribution in [0.5, 0.6) is 5.88 Å². The van der Waals surface area contributed by atoms with E-state index in [1.807, 2.05) is 4.83 Å². The number of sulfonamides is 1. The zero-order valence-electron chi connectivity index (χ0n) is 14.5. The summed E-state index contributed by atoms with van der Waals surface area (Å²) in [4.78, 5) is 14.5. The molecule has 0 spiro atoms. The average molecular weight is 427 g/mol. The smallest absolute Gasteiger partial charge is 0.291 e. The third kappa shape index (κ3) is 3.65. The Morgan fingerprint density at radius 2 is 1.55 bits per heavy atom. The molecule has 144 valence electrons. The van der Waals surface area contributed by atoms with E-state index in [9.17, 15) is 28.8 Å². The second-order valence-electron chi connectivity index (χ2n) is 5.73. The standard InChI is InChI=1S/C19H11ClN4O4S/c20-13-8-6-12(7-9-13)17-15(10-21)18(25)24(19(26)16(17)11-22)23-29(27,28)14-4-2-1-3-5-14/h1-9,23,25H. The maximum Gasteiger partial charge on any atom is 0.291 e. The van der Waals surface area contributed by atoms with Crippen LogP contribution < -0.4 is 10.4 Å². The van der Waals surface area contributed by atoms with E-state index in [0.29, 0.717) is 5.02 Å². The topological polar surface area (TPSA) is 136 Å². The molecule has 0 unspecified atom stereocenters. The quantitative estimate of drug-likeness (QED) is 0.657. The predicted octanol–water partition coefficient (Wildman–Crippen LogP) is 2.55. The fraction of sp³-hybridized carbons (Fsp3) is 0. The lowest BCUT2D eigenvalue weighted by Crippen LogP contribution is -2.35. The normalized spacial score (nSPS) is 10.7. The Balaban J connectivity index is 2.27. The Hall–Kier alpha value is -3.79. The monoisotopic (exact) mass is 426 g/mol. The molecule has 29 heavy (non-hydrogen) atoms. The summed E-state index contributed by atoms with van der Waals surface area (Å²) in [5.74, 6) is -0.944. The zero-order valence-corrected chi connectivity index (χ0v) is 16.1. The number of hydrogen-bond acceptors (Lipinski definition) is 6. The second-order valence-corrected chi connectivity index (χ2v) is 7.82. The van der Waals surface area contributed by atoms with Crippen molar-refractivity contribution in [1.82, 2.24) is 4.68 Å². The molecule has 3 aromatic rings. The number of aromatic nitrogens is 1. The molecule has 8 nitrogen and oxygen atoms in total. The van der Waals surface area contributed by atoms with E-state index in [1.165, 1.54) is 48.5 Å². The van der Waals surface area contributed by atoms with E-state index < -0.39 is 32.6 Å². The van der Waals surface area contributed by atoms with Crippen LogP contribution in [0.4, 0.5) is 0 Å². The Bertz CT molecular complexity index is 1340. The van der Waals surface area contributed by atoms with Gasteiger partial charge in [-0.15, -0.1) is 0 Å². The number of benzene rings is 2. The van der Waals surface area contributed by atoms with Gasteiger partial charge in [-0.3, -0.25) is 4.79 Å². The van der Waals surface area contributed by atoms with E-state index in [-0.39, 0.29) is 20.7 Å². The van der Waals surface area contributed by atoms with Gasteiger partial charge in [0.05, 0.1) is 4.90 Å². The van der Waals surface area contributed by atoms with Crippen molar-refractivity contribution < 1.29 is 13.5 Å². The van der Waals surface area contributed by atoms with Gasteiger partial charge in [0.25, 0.3) is 15.6 Å². The summed E-state index contributed by atoms with van der Waals surface area (Å²) < 4.78 is 25.3. The first-order valence-electron chi connectivity index (χ1n) is 7.96. The molecule has 0 aliphatic rings. The number of hydrogen-bond donors (Lipinski definition) is 2. The van der Waals surface area contributed by atoms with Crippen molar-refractivity contribution >= 4 is 21.6 Å². The van der Waals surface area contributed by atoms with E-state index in [0.717, 1.165) is 0 Å². The van der Waals surface area contributed by atoms with Gasteiger partial charge in [0.1, 0.15) is 23.3 Å². The molecule has 0 aliphatic heterocycles. The molecule has 0 saturated heterocycles. The molecule has 2 N–H and O–H groups in total. The Kier molecular flexibility index (Phi) is 5.29. The van der Waals surface area contributed by atoms with Gasteiger partial charge >= 0.3 is 0 Å². The summed E-state index contributed by atoms with van der Waals surface area (Å²) in [6.07, 6.45) is 0. The molecule has 3 rings (SSSR count). The number of rotatable bonds is 4. The van der Waals surface area contributed by atoms with Crippen LogP contribution in [0.1, 0.15) is 11.1 Å². The highest BCUT2D eigenvalue weighted by Crippen LogP contribution is 2.31. The van der Waals surface area contributed by atoms with Crippen molar-refractivity contribution in [2.75, 3.05) is 4.83 Å². The molecular weight excluding hydrogens is 416 g/mol. The summed E-state index contributed by atoms with van der Waals surface area (Å²) in [6.45, 7) is 0.